The molecule has 1 N–H and O–H groups in total. The SMILES string of the molecule is CC(=O)NC(Cc1ccc(CN(C)C)c(F)c1)c1nnc(-c2cccc(OC(F)(F)F)c2)s1. The first kappa shape index (κ1) is 24.6. The van der Waals surface area contributed by atoms with Crippen LogP contribution in [0.1, 0.15) is 29.1 Å². The fourth-order valence-electron chi connectivity index (χ4n) is 3.19. The standard InChI is InChI=1S/C22H22F4N4O2S/c1-13(31)27-19(10-14-7-8-16(12-30(2)3)18(23)9-14)21-29-28-20(33-21)15-5-4-6-17(11-15)32-22(24,25)26/h4-9,11,19H,10,12H2,1-3H3,(H,27,31). The normalized spacial score (nSPS) is 12.6. The molecule has 176 valence electrons. The van der Waals surface area contributed by atoms with E-state index in [0.29, 0.717) is 33.3 Å². The quantitative estimate of drug-likeness (QED) is 0.471. The molecule has 1 unspecified atom stereocenters. The highest BCUT2D eigenvalue weighted by atomic mass is 32.1. The van der Waals surface area contributed by atoms with Gasteiger partial charge in [0.2, 0.25) is 5.91 Å². The molecule has 1 aromatic heterocycles. The second-order valence-electron chi connectivity index (χ2n) is 7.64. The van der Waals surface area contributed by atoms with Crippen molar-refractivity contribution in [2.45, 2.75) is 32.3 Å². The Hall–Kier alpha value is -3.05. The van der Waals surface area contributed by atoms with Gasteiger partial charge in [-0.05, 0) is 44.3 Å². The molecule has 0 aliphatic rings. The molecule has 1 amide bonds. The molecule has 0 saturated heterocycles. The number of carbonyl (C=O) groups excluding carboxylic acids is 1. The average Bonchev–Trinajstić information content (AvgIpc) is 3.18. The van der Waals surface area contributed by atoms with E-state index < -0.39 is 12.4 Å². The van der Waals surface area contributed by atoms with Crippen LogP contribution in [0.2, 0.25) is 0 Å². The first-order valence-electron chi connectivity index (χ1n) is 9.89. The third kappa shape index (κ3) is 7.22. The molecule has 2 aromatic carbocycles. The van der Waals surface area contributed by atoms with Crippen molar-refractivity contribution in [2.75, 3.05) is 14.1 Å². The lowest BCUT2D eigenvalue weighted by Crippen LogP contribution is -2.27. The Morgan fingerprint density at radius 2 is 1.94 bits per heavy atom. The van der Waals surface area contributed by atoms with E-state index in [1.54, 1.807) is 18.2 Å². The molecule has 0 saturated carbocycles. The molecule has 33 heavy (non-hydrogen) atoms. The first-order valence-corrected chi connectivity index (χ1v) is 10.7. The molecule has 0 fully saturated rings. The molecular formula is C22H22F4N4O2S. The maximum Gasteiger partial charge on any atom is 0.573 e. The van der Waals surface area contributed by atoms with Gasteiger partial charge >= 0.3 is 6.36 Å². The first-order chi connectivity index (χ1) is 15.5. The highest BCUT2D eigenvalue weighted by molar-refractivity contribution is 7.14. The molecule has 3 rings (SSSR count). The summed E-state index contributed by atoms with van der Waals surface area (Å²) in [5.74, 6) is -1.02. The average molecular weight is 483 g/mol. The summed E-state index contributed by atoms with van der Waals surface area (Å²) < 4.78 is 56.0. The number of aromatic nitrogens is 2. The van der Waals surface area contributed by atoms with E-state index >= 15 is 0 Å². The van der Waals surface area contributed by atoms with Crippen LogP contribution in [0, 0.1) is 5.82 Å². The van der Waals surface area contributed by atoms with Gasteiger partial charge in [0, 0.05) is 24.6 Å². The van der Waals surface area contributed by atoms with Gasteiger partial charge in [-0.2, -0.15) is 0 Å². The number of carbonyl (C=O) groups is 1. The van der Waals surface area contributed by atoms with Crippen molar-refractivity contribution >= 4 is 17.2 Å². The highest BCUT2D eigenvalue weighted by Gasteiger charge is 2.31. The number of alkyl halides is 3. The van der Waals surface area contributed by atoms with Gasteiger partial charge in [-0.25, -0.2) is 4.39 Å². The number of nitrogens with zero attached hydrogens (tertiary/aromatic N) is 3. The Bertz CT molecular complexity index is 1120. The summed E-state index contributed by atoms with van der Waals surface area (Å²) in [6, 6.07) is 9.73. The molecule has 0 aliphatic heterocycles. The van der Waals surface area contributed by atoms with Crippen LogP contribution in [-0.4, -0.2) is 41.5 Å². The van der Waals surface area contributed by atoms with Crippen LogP contribution >= 0.6 is 11.3 Å². The zero-order valence-corrected chi connectivity index (χ0v) is 18.9. The van der Waals surface area contributed by atoms with Gasteiger partial charge in [0.1, 0.15) is 21.6 Å². The Balaban J connectivity index is 1.83. The number of hydrogen-bond acceptors (Lipinski definition) is 6. The van der Waals surface area contributed by atoms with E-state index in [0.717, 1.165) is 11.3 Å². The highest BCUT2D eigenvalue weighted by Crippen LogP contribution is 2.32. The molecule has 0 spiro atoms. The number of rotatable bonds is 8. The molecule has 0 aliphatic carbocycles. The summed E-state index contributed by atoms with van der Waals surface area (Å²) in [5, 5.41) is 11.8. The lowest BCUT2D eigenvalue weighted by Gasteiger charge is -2.16. The molecule has 6 nitrogen and oxygen atoms in total. The summed E-state index contributed by atoms with van der Waals surface area (Å²) in [6.45, 7) is 1.81. The van der Waals surface area contributed by atoms with Crippen molar-refractivity contribution < 1.29 is 27.1 Å². The fraction of sp³-hybridized carbons (Fsp3) is 0.318. The zero-order valence-electron chi connectivity index (χ0n) is 18.1. The van der Waals surface area contributed by atoms with Crippen molar-refractivity contribution in [1.29, 1.82) is 0 Å². The molecule has 0 radical (unpaired) electrons. The van der Waals surface area contributed by atoms with E-state index in [1.807, 2.05) is 19.0 Å². The van der Waals surface area contributed by atoms with Gasteiger partial charge in [0.05, 0.1) is 6.04 Å². The third-order valence-electron chi connectivity index (χ3n) is 4.47. The van der Waals surface area contributed by atoms with Crippen molar-refractivity contribution in [3.63, 3.8) is 0 Å². The van der Waals surface area contributed by atoms with Gasteiger partial charge < -0.3 is 15.0 Å². The summed E-state index contributed by atoms with van der Waals surface area (Å²) in [6.07, 6.45) is -4.54. The number of ether oxygens (including phenoxy) is 1. The molecular weight excluding hydrogens is 460 g/mol. The molecule has 1 heterocycles. The third-order valence-corrected chi connectivity index (χ3v) is 5.56. The van der Waals surface area contributed by atoms with Crippen molar-refractivity contribution in [1.82, 2.24) is 20.4 Å². The van der Waals surface area contributed by atoms with E-state index in [-0.39, 0.29) is 23.9 Å². The van der Waals surface area contributed by atoms with E-state index in [4.69, 9.17) is 0 Å². The second kappa shape index (κ2) is 10.3. The van der Waals surface area contributed by atoms with Crippen molar-refractivity contribution in [3.8, 4) is 16.3 Å². The van der Waals surface area contributed by atoms with Gasteiger partial charge in [-0.1, -0.05) is 35.6 Å². The number of halogens is 4. The lowest BCUT2D eigenvalue weighted by atomic mass is 10.0. The second-order valence-corrected chi connectivity index (χ2v) is 8.65. The van der Waals surface area contributed by atoms with Crippen molar-refractivity contribution in [2.24, 2.45) is 0 Å². The summed E-state index contributed by atoms with van der Waals surface area (Å²) in [5.41, 5.74) is 1.60. The van der Waals surface area contributed by atoms with Crippen LogP contribution in [0.15, 0.2) is 42.5 Å². The number of benzene rings is 2. The van der Waals surface area contributed by atoms with Crippen LogP contribution in [0.3, 0.4) is 0 Å². The maximum absolute atomic E-state index is 14.5. The Labute approximate surface area is 192 Å². The topological polar surface area (TPSA) is 67.4 Å². The Morgan fingerprint density at radius 1 is 1.18 bits per heavy atom. The van der Waals surface area contributed by atoms with Gasteiger partial charge in [0.25, 0.3) is 0 Å². The maximum atomic E-state index is 14.5. The van der Waals surface area contributed by atoms with Crippen LogP contribution in [0.5, 0.6) is 5.75 Å². The number of amides is 1. The predicted molar refractivity (Wildman–Crippen MR) is 116 cm³/mol. The molecule has 3 aromatic rings. The van der Waals surface area contributed by atoms with E-state index in [9.17, 15) is 22.4 Å². The van der Waals surface area contributed by atoms with Crippen LogP contribution < -0.4 is 10.1 Å². The minimum atomic E-state index is -4.81. The largest absolute Gasteiger partial charge is 0.573 e. The number of nitrogens with one attached hydrogen (secondary N) is 1. The van der Waals surface area contributed by atoms with Gasteiger partial charge in [0.15, 0.2) is 0 Å². The van der Waals surface area contributed by atoms with Gasteiger partial charge in [-0.15, -0.1) is 23.4 Å². The minimum Gasteiger partial charge on any atom is -0.406 e. The fourth-order valence-corrected chi connectivity index (χ4v) is 4.08. The monoisotopic (exact) mass is 482 g/mol. The van der Waals surface area contributed by atoms with E-state index in [1.165, 1.54) is 31.2 Å². The molecule has 0 bridgehead atoms. The van der Waals surface area contributed by atoms with Crippen LogP contribution in [-0.2, 0) is 17.8 Å². The summed E-state index contributed by atoms with van der Waals surface area (Å²) >= 11 is 1.12. The summed E-state index contributed by atoms with van der Waals surface area (Å²) in [7, 11) is 3.69. The van der Waals surface area contributed by atoms with Crippen molar-refractivity contribution in [3.05, 3.63) is 64.4 Å². The van der Waals surface area contributed by atoms with Crippen LogP contribution in [0.4, 0.5) is 17.6 Å². The van der Waals surface area contributed by atoms with Crippen LogP contribution in [0.25, 0.3) is 10.6 Å². The summed E-state index contributed by atoms with van der Waals surface area (Å²) in [4.78, 5) is 13.6. The van der Waals surface area contributed by atoms with Gasteiger partial charge in [-0.3, -0.25) is 4.79 Å². The Kier molecular flexibility index (Phi) is 7.65. The molecule has 11 heteroatoms. The lowest BCUT2D eigenvalue weighted by molar-refractivity contribution is -0.274. The minimum absolute atomic E-state index is 0.268. The molecule has 1 atom stereocenters. The zero-order chi connectivity index (χ0) is 24.2. The Morgan fingerprint density at radius 3 is 2.58 bits per heavy atom. The number of hydrogen-bond donors (Lipinski definition) is 1. The predicted octanol–water partition coefficient (Wildman–Crippen LogP) is 4.72. The van der Waals surface area contributed by atoms with E-state index in [2.05, 4.69) is 20.3 Å². The smallest absolute Gasteiger partial charge is 0.406 e.